The molecule has 0 radical (unpaired) electrons. The van der Waals surface area contributed by atoms with Crippen molar-refractivity contribution in [2.75, 3.05) is 26.7 Å². The van der Waals surface area contributed by atoms with Gasteiger partial charge in [0, 0.05) is 31.8 Å². The molecule has 0 aromatic heterocycles. The van der Waals surface area contributed by atoms with Gasteiger partial charge >= 0.3 is 0 Å². The fourth-order valence-electron chi connectivity index (χ4n) is 3.58. The van der Waals surface area contributed by atoms with Crippen molar-refractivity contribution in [2.45, 2.75) is 76.5 Å². The average molecular weight is 438 g/mol. The van der Waals surface area contributed by atoms with Crippen LogP contribution in [0.3, 0.4) is 0 Å². The van der Waals surface area contributed by atoms with Gasteiger partial charge in [-0.1, -0.05) is 19.3 Å². The molecule has 1 aliphatic carbocycles. The van der Waals surface area contributed by atoms with Gasteiger partial charge in [-0.3, -0.25) is 9.89 Å². The van der Waals surface area contributed by atoms with E-state index in [-0.39, 0.29) is 29.5 Å². The Morgan fingerprint density at radius 2 is 1.78 bits per heavy atom. The van der Waals surface area contributed by atoms with Crippen LogP contribution in [0.15, 0.2) is 4.99 Å². The highest BCUT2D eigenvalue weighted by Crippen LogP contribution is 2.22. The lowest BCUT2D eigenvalue weighted by Gasteiger charge is -2.42. The second-order valence-corrected chi connectivity index (χ2v) is 7.42. The maximum Gasteiger partial charge on any atom is 0.188 e. The number of likely N-dealkylation sites (tertiary alicyclic amines) is 1. The molecule has 6 heteroatoms. The minimum absolute atomic E-state index is 0. The van der Waals surface area contributed by atoms with Crippen molar-refractivity contribution < 1.29 is 4.74 Å². The molecule has 3 N–H and O–H groups in total. The van der Waals surface area contributed by atoms with Gasteiger partial charge in [-0.15, -0.1) is 24.0 Å². The third-order valence-electron chi connectivity index (χ3n) is 5.22. The molecule has 0 aromatic carbocycles. The Balaban J connectivity index is 0.00000264. The molecular weight excluding hydrogens is 403 g/mol. The molecule has 0 spiro atoms. The Morgan fingerprint density at radius 1 is 1.17 bits per heavy atom. The molecule has 0 unspecified atom stereocenters. The summed E-state index contributed by atoms with van der Waals surface area (Å²) >= 11 is 0. The maximum absolute atomic E-state index is 6.09. The molecule has 5 nitrogen and oxygen atoms in total. The number of methoxy groups -OCH3 is 1. The zero-order valence-electron chi connectivity index (χ0n) is 15.0. The Labute approximate surface area is 158 Å². The Kier molecular flexibility index (Phi) is 9.15. The monoisotopic (exact) mass is 438 g/mol. The number of hydrogen-bond donors (Lipinski definition) is 2. The fraction of sp³-hybridized carbons (Fsp3) is 0.941. The molecule has 1 saturated carbocycles. The van der Waals surface area contributed by atoms with Crippen molar-refractivity contribution in [3.63, 3.8) is 0 Å². The second-order valence-electron chi connectivity index (χ2n) is 7.42. The number of nitrogens with two attached hydrogens (primary N) is 1. The molecule has 0 atom stereocenters. The summed E-state index contributed by atoms with van der Waals surface area (Å²) in [5, 5.41) is 3.40. The maximum atomic E-state index is 6.09. The van der Waals surface area contributed by atoms with E-state index in [4.69, 9.17) is 10.5 Å². The van der Waals surface area contributed by atoms with Gasteiger partial charge in [-0.2, -0.15) is 0 Å². The van der Waals surface area contributed by atoms with E-state index in [1.807, 2.05) is 7.11 Å². The number of halogens is 1. The van der Waals surface area contributed by atoms with Gasteiger partial charge < -0.3 is 15.8 Å². The highest BCUT2D eigenvalue weighted by molar-refractivity contribution is 14.0. The van der Waals surface area contributed by atoms with Crippen molar-refractivity contribution in [2.24, 2.45) is 10.7 Å². The third kappa shape index (κ3) is 6.74. The van der Waals surface area contributed by atoms with Crippen LogP contribution in [0.2, 0.25) is 0 Å². The molecule has 0 amide bonds. The van der Waals surface area contributed by atoms with Crippen LogP contribution in [-0.2, 0) is 4.74 Å². The molecule has 1 heterocycles. The largest absolute Gasteiger partial charge is 0.381 e. The number of aliphatic imine (C=N–C) groups is 1. The highest BCUT2D eigenvalue weighted by atomic mass is 127. The highest BCUT2D eigenvalue weighted by Gasteiger charge is 2.30. The molecule has 2 aliphatic rings. The summed E-state index contributed by atoms with van der Waals surface area (Å²) in [5.74, 6) is 0.617. The van der Waals surface area contributed by atoms with Gasteiger partial charge in [-0.05, 0) is 39.5 Å². The van der Waals surface area contributed by atoms with Crippen molar-refractivity contribution in [3.8, 4) is 0 Å². The number of rotatable bonds is 5. The van der Waals surface area contributed by atoms with E-state index in [0.29, 0.717) is 18.1 Å². The van der Waals surface area contributed by atoms with Crippen molar-refractivity contribution in [1.29, 1.82) is 0 Å². The molecule has 136 valence electrons. The van der Waals surface area contributed by atoms with Gasteiger partial charge in [0.05, 0.1) is 12.6 Å². The van der Waals surface area contributed by atoms with Crippen LogP contribution in [0, 0.1) is 0 Å². The van der Waals surface area contributed by atoms with Gasteiger partial charge in [0.1, 0.15) is 0 Å². The van der Waals surface area contributed by atoms with Gasteiger partial charge in [0.15, 0.2) is 5.96 Å². The second kappa shape index (κ2) is 10.0. The van der Waals surface area contributed by atoms with Crippen LogP contribution < -0.4 is 11.1 Å². The van der Waals surface area contributed by atoms with E-state index in [1.165, 1.54) is 32.1 Å². The van der Waals surface area contributed by atoms with Crippen molar-refractivity contribution >= 4 is 29.9 Å². The average Bonchev–Trinajstić information content (AvgIpc) is 2.54. The summed E-state index contributed by atoms with van der Waals surface area (Å²) in [6, 6.07) is 0.526. The topological polar surface area (TPSA) is 62.9 Å². The quantitative estimate of drug-likeness (QED) is 0.394. The number of nitrogens with one attached hydrogen (secondary N) is 1. The predicted octanol–water partition coefficient (Wildman–Crippen LogP) is 2.73. The van der Waals surface area contributed by atoms with Crippen LogP contribution >= 0.6 is 24.0 Å². The molecule has 2 fully saturated rings. The lowest BCUT2D eigenvalue weighted by Crippen LogP contribution is -2.51. The summed E-state index contributed by atoms with van der Waals surface area (Å²) in [6.45, 7) is 7.43. The molecule has 0 aromatic rings. The number of guanidine groups is 1. The standard InChI is InChI=1S/C17H34N4O.HI/c1-17(2,21-11-9-15(22-3)10-12-21)13-19-16(18)20-14-7-5-4-6-8-14;/h14-15H,4-13H2,1-3H3,(H3,18,19,20);1H. The van der Waals surface area contributed by atoms with Gasteiger partial charge in [0.2, 0.25) is 0 Å². The summed E-state index contributed by atoms with van der Waals surface area (Å²) in [7, 11) is 1.81. The Hall–Kier alpha value is -0.0800. The molecule has 2 rings (SSSR count). The van der Waals surface area contributed by atoms with E-state index < -0.39 is 0 Å². The smallest absolute Gasteiger partial charge is 0.188 e. The summed E-state index contributed by atoms with van der Waals surface area (Å²) in [6.07, 6.45) is 9.08. The van der Waals surface area contributed by atoms with Crippen molar-refractivity contribution in [1.82, 2.24) is 10.2 Å². The molecule has 0 bridgehead atoms. The Bertz CT molecular complexity index is 362. The Morgan fingerprint density at radius 3 is 2.35 bits per heavy atom. The van der Waals surface area contributed by atoms with Crippen molar-refractivity contribution in [3.05, 3.63) is 0 Å². The fourth-order valence-corrected chi connectivity index (χ4v) is 3.58. The SMILES string of the molecule is COC1CCN(C(C)(C)CN=C(N)NC2CCCCC2)CC1.I. The lowest BCUT2D eigenvalue weighted by molar-refractivity contribution is 0.00909. The number of hydrogen-bond acceptors (Lipinski definition) is 3. The van der Waals surface area contributed by atoms with Crippen LogP contribution in [0.25, 0.3) is 0 Å². The predicted molar refractivity (Wildman–Crippen MR) is 108 cm³/mol. The van der Waals surface area contributed by atoms with Gasteiger partial charge in [-0.25, -0.2) is 0 Å². The summed E-state index contributed by atoms with van der Waals surface area (Å²) in [5.41, 5.74) is 6.14. The normalized spacial score (nSPS) is 22.7. The van der Waals surface area contributed by atoms with E-state index in [2.05, 4.69) is 29.1 Å². The van der Waals surface area contributed by atoms with Gasteiger partial charge in [0.25, 0.3) is 0 Å². The number of ether oxygens (including phenoxy) is 1. The van der Waals surface area contributed by atoms with E-state index in [0.717, 1.165) is 32.5 Å². The number of nitrogens with zero attached hydrogens (tertiary/aromatic N) is 2. The number of piperidine rings is 1. The van der Waals surface area contributed by atoms with E-state index in [9.17, 15) is 0 Å². The molecule has 1 saturated heterocycles. The molecule has 23 heavy (non-hydrogen) atoms. The first kappa shape index (κ1) is 21.0. The lowest BCUT2D eigenvalue weighted by atomic mass is 9.96. The first-order valence-corrected chi connectivity index (χ1v) is 8.85. The molecular formula is C17H35IN4O. The van der Waals surface area contributed by atoms with Crippen LogP contribution in [-0.4, -0.2) is 55.3 Å². The van der Waals surface area contributed by atoms with Crippen LogP contribution in [0.4, 0.5) is 0 Å². The minimum Gasteiger partial charge on any atom is -0.381 e. The van der Waals surface area contributed by atoms with Crippen LogP contribution in [0.5, 0.6) is 0 Å². The van der Waals surface area contributed by atoms with E-state index in [1.54, 1.807) is 0 Å². The zero-order valence-corrected chi connectivity index (χ0v) is 17.3. The first-order chi connectivity index (χ1) is 10.5. The summed E-state index contributed by atoms with van der Waals surface area (Å²) in [4.78, 5) is 7.13. The molecule has 1 aliphatic heterocycles. The van der Waals surface area contributed by atoms with E-state index >= 15 is 0 Å². The van der Waals surface area contributed by atoms with Crippen LogP contribution in [0.1, 0.15) is 58.8 Å². The zero-order chi connectivity index (χ0) is 16.0. The first-order valence-electron chi connectivity index (χ1n) is 8.85. The third-order valence-corrected chi connectivity index (χ3v) is 5.22. The summed E-state index contributed by atoms with van der Waals surface area (Å²) < 4.78 is 5.45. The minimum atomic E-state index is 0.